The summed E-state index contributed by atoms with van der Waals surface area (Å²) in [5.74, 6) is 4.46. The number of amides is 1. The van der Waals surface area contributed by atoms with Gasteiger partial charge in [-0.25, -0.2) is 9.59 Å². The monoisotopic (exact) mass is 506 g/mol. The molecule has 0 saturated heterocycles. The maximum atomic E-state index is 12.8. The molecule has 0 heterocycles. The molecule has 1 aromatic carbocycles. The molecule has 1 aromatic rings. The minimum Gasteiger partial charge on any atom is -0.459 e. The van der Waals surface area contributed by atoms with Crippen LogP contribution in [0.5, 0.6) is 0 Å². The molecule has 9 heteroatoms. The van der Waals surface area contributed by atoms with Crippen molar-refractivity contribution in [2.75, 3.05) is 7.11 Å². The Labute approximate surface area is 211 Å². The van der Waals surface area contributed by atoms with Gasteiger partial charge < -0.3 is 24.4 Å². The van der Waals surface area contributed by atoms with Gasteiger partial charge in [-0.1, -0.05) is 57.0 Å². The van der Waals surface area contributed by atoms with E-state index in [2.05, 4.69) is 42.7 Å². The number of nitrogens with zero attached hydrogens (tertiary/aromatic N) is 1. The molecule has 0 unspecified atom stereocenters. The van der Waals surface area contributed by atoms with Gasteiger partial charge in [-0.05, 0) is 51.4 Å². The summed E-state index contributed by atoms with van der Waals surface area (Å²) in [6.07, 6.45) is -1.18. The van der Waals surface area contributed by atoms with Gasteiger partial charge in [-0.3, -0.25) is 0 Å². The first-order valence-electron chi connectivity index (χ1n) is 12.2. The van der Waals surface area contributed by atoms with E-state index in [1.165, 1.54) is 7.11 Å². The Morgan fingerprint density at radius 1 is 1.11 bits per heavy atom. The highest BCUT2D eigenvalue weighted by molar-refractivity contribution is 6.73. The first-order chi connectivity index (χ1) is 16.4. The minimum atomic E-state index is -2.08. The summed E-state index contributed by atoms with van der Waals surface area (Å²) in [6, 6.07) is 10.3. The van der Waals surface area contributed by atoms with E-state index in [9.17, 15) is 14.8 Å². The Balaban J connectivity index is 3.43. The van der Waals surface area contributed by atoms with Gasteiger partial charge in [-0.2, -0.15) is 5.06 Å². The van der Waals surface area contributed by atoms with Crippen molar-refractivity contribution in [3.63, 3.8) is 0 Å². The third-order valence-electron chi connectivity index (χ3n) is 5.91. The number of alkyl carbamates (subject to hydrolysis) is 1. The Morgan fingerprint density at radius 2 is 1.69 bits per heavy atom. The lowest BCUT2D eigenvalue weighted by atomic mass is 10.0. The van der Waals surface area contributed by atoms with Gasteiger partial charge in [0.1, 0.15) is 11.6 Å². The average molecular weight is 507 g/mol. The normalized spacial score (nSPS) is 14.3. The lowest BCUT2D eigenvalue weighted by Crippen LogP contribution is -2.58. The molecule has 0 spiro atoms. The van der Waals surface area contributed by atoms with Crippen molar-refractivity contribution in [1.82, 2.24) is 10.4 Å². The van der Waals surface area contributed by atoms with E-state index in [0.29, 0.717) is 0 Å². The Bertz CT molecular complexity index is 850. The van der Waals surface area contributed by atoms with Crippen LogP contribution in [0.2, 0.25) is 18.1 Å². The van der Waals surface area contributed by atoms with Crippen LogP contribution in [0.3, 0.4) is 0 Å². The van der Waals surface area contributed by atoms with Gasteiger partial charge >= 0.3 is 12.1 Å². The van der Waals surface area contributed by atoms with E-state index in [4.69, 9.17) is 9.16 Å². The van der Waals surface area contributed by atoms with Gasteiger partial charge in [0.2, 0.25) is 0 Å². The second-order valence-electron chi connectivity index (χ2n) is 9.53. The summed E-state index contributed by atoms with van der Waals surface area (Å²) >= 11 is 0. The molecule has 35 heavy (non-hydrogen) atoms. The summed E-state index contributed by atoms with van der Waals surface area (Å²) in [4.78, 5) is 24.6. The highest BCUT2D eigenvalue weighted by atomic mass is 28.4. The molecule has 0 radical (unpaired) electrons. The van der Waals surface area contributed by atoms with Crippen molar-refractivity contribution < 1.29 is 28.7 Å². The number of hydrogen-bond donors (Lipinski definition) is 2. The van der Waals surface area contributed by atoms with Crippen LogP contribution in [0.4, 0.5) is 4.79 Å². The summed E-state index contributed by atoms with van der Waals surface area (Å²) in [5.41, 5.74) is 0.118. The molecule has 0 aliphatic carbocycles. The zero-order valence-corrected chi connectivity index (χ0v) is 23.4. The van der Waals surface area contributed by atoms with Crippen LogP contribution in [0, 0.1) is 11.8 Å². The average Bonchev–Trinajstić information content (AvgIpc) is 2.81. The molecule has 0 aliphatic heterocycles. The van der Waals surface area contributed by atoms with Gasteiger partial charge in [-0.15, -0.1) is 0 Å². The molecule has 0 aromatic heterocycles. The number of hydroxylamine groups is 2. The fraction of sp³-hybridized carbons (Fsp3) is 0.615. The molecular formula is C26H42N2O6Si. The van der Waals surface area contributed by atoms with Crippen molar-refractivity contribution in [2.24, 2.45) is 0 Å². The van der Waals surface area contributed by atoms with Gasteiger partial charge in [0, 0.05) is 5.92 Å². The molecule has 0 bridgehead atoms. The summed E-state index contributed by atoms with van der Waals surface area (Å²) in [7, 11) is -0.845. The zero-order valence-electron chi connectivity index (χ0n) is 22.4. The number of carbonyl (C=O) groups is 2. The molecule has 0 aliphatic rings. The zero-order chi connectivity index (χ0) is 26.6. The lowest BCUT2D eigenvalue weighted by Gasteiger charge is -2.39. The van der Waals surface area contributed by atoms with Crippen LogP contribution in [0.25, 0.3) is 0 Å². The standard InChI is InChI=1S/C26H42N2O6Si/c1-9-35(10-2,11-3)34-20(4)24(27-25(30)33-26(5,6)7)22(17-18-23(29)32-8)28(31)19-21-15-13-12-14-16-21/h12-16,20,22,24,31H,9-11,19H2,1-8H3,(H,27,30)/t20-,22-,24+/m1/s1. The number of nitrogens with one attached hydrogen (secondary N) is 1. The molecular weight excluding hydrogens is 464 g/mol. The number of benzene rings is 1. The molecule has 196 valence electrons. The topological polar surface area (TPSA) is 97.3 Å². The van der Waals surface area contributed by atoms with Gasteiger partial charge in [0.15, 0.2) is 8.32 Å². The molecule has 1 rings (SSSR count). The Hall–Kier alpha value is -2.38. The number of hydrogen-bond acceptors (Lipinski definition) is 7. The summed E-state index contributed by atoms with van der Waals surface area (Å²) in [6.45, 7) is 13.6. The highest BCUT2D eigenvalue weighted by Gasteiger charge is 2.39. The maximum absolute atomic E-state index is 12.8. The second-order valence-corrected chi connectivity index (χ2v) is 14.3. The quantitative estimate of drug-likeness (QED) is 0.147. The molecule has 3 atom stereocenters. The summed E-state index contributed by atoms with van der Waals surface area (Å²) in [5, 5.41) is 15.0. The van der Waals surface area contributed by atoms with Crippen molar-refractivity contribution >= 4 is 20.4 Å². The number of ether oxygens (including phenoxy) is 2. The molecule has 0 saturated carbocycles. The number of esters is 1. The largest absolute Gasteiger partial charge is 0.459 e. The summed E-state index contributed by atoms with van der Waals surface area (Å²) < 4.78 is 16.8. The molecule has 8 nitrogen and oxygen atoms in total. The van der Waals surface area contributed by atoms with E-state index in [0.717, 1.165) is 28.8 Å². The van der Waals surface area contributed by atoms with Crippen LogP contribution in [-0.2, 0) is 25.2 Å². The van der Waals surface area contributed by atoms with Crippen LogP contribution in [0.1, 0.15) is 54.0 Å². The van der Waals surface area contributed by atoms with Crippen molar-refractivity contribution in [1.29, 1.82) is 0 Å². The lowest BCUT2D eigenvalue weighted by molar-refractivity contribution is -0.135. The van der Waals surface area contributed by atoms with Crippen molar-refractivity contribution in [3.8, 4) is 11.8 Å². The van der Waals surface area contributed by atoms with Crippen molar-refractivity contribution in [3.05, 3.63) is 35.9 Å². The van der Waals surface area contributed by atoms with Crippen LogP contribution in [0.15, 0.2) is 30.3 Å². The van der Waals surface area contributed by atoms with Crippen LogP contribution < -0.4 is 5.32 Å². The fourth-order valence-corrected chi connectivity index (χ4v) is 6.70. The molecule has 2 N–H and O–H groups in total. The van der Waals surface area contributed by atoms with E-state index in [1.54, 1.807) is 20.8 Å². The smallest absolute Gasteiger partial charge is 0.408 e. The number of rotatable bonds is 11. The van der Waals surface area contributed by atoms with E-state index in [1.807, 2.05) is 37.3 Å². The fourth-order valence-electron chi connectivity index (χ4n) is 3.77. The van der Waals surface area contributed by atoms with Gasteiger partial charge in [0.05, 0.1) is 25.8 Å². The van der Waals surface area contributed by atoms with E-state index >= 15 is 0 Å². The van der Waals surface area contributed by atoms with Crippen molar-refractivity contribution in [2.45, 2.75) is 96.9 Å². The molecule has 0 fully saturated rings. The predicted molar refractivity (Wildman–Crippen MR) is 138 cm³/mol. The van der Waals surface area contributed by atoms with Gasteiger partial charge in [0.25, 0.3) is 0 Å². The molecule has 1 amide bonds. The third kappa shape index (κ3) is 10.4. The Kier molecular flexibility index (Phi) is 12.5. The maximum Gasteiger partial charge on any atom is 0.408 e. The SMILES string of the molecule is CC[Si](CC)(CC)O[C@H](C)[C@H](NC(=O)OC(C)(C)C)[C@@H](C#CC(=O)OC)N(O)Cc1ccccc1. The van der Waals surface area contributed by atoms with E-state index in [-0.39, 0.29) is 6.54 Å². The number of carbonyl (C=O) groups excluding carboxylic acids is 2. The van der Waals surface area contributed by atoms with Crippen LogP contribution >= 0.6 is 0 Å². The van der Waals surface area contributed by atoms with E-state index < -0.39 is 44.2 Å². The third-order valence-corrected chi connectivity index (χ3v) is 10.7. The van der Waals surface area contributed by atoms with Crippen LogP contribution in [-0.4, -0.2) is 61.5 Å². The first kappa shape index (κ1) is 30.6. The first-order valence-corrected chi connectivity index (χ1v) is 14.7. The number of methoxy groups -OCH3 is 1. The minimum absolute atomic E-state index is 0.123. The predicted octanol–water partition coefficient (Wildman–Crippen LogP) is 4.73. The Morgan fingerprint density at radius 3 is 2.17 bits per heavy atom. The second kappa shape index (κ2) is 14.2. The highest BCUT2D eigenvalue weighted by Crippen LogP contribution is 2.26.